The van der Waals surface area contributed by atoms with Crippen LogP contribution in [0, 0.1) is 19.7 Å². The second-order valence-corrected chi connectivity index (χ2v) is 13.5. The molecule has 1 aliphatic carbocycles. The van der Waals surface area contributed by atoms with Crippen molar-refractivity contribution in [2.24, 2.45) is 7.05 Å². The van der Waals surface area contributed by atoms with Crippen LogP contribution in [0.1, 0.15) is 56.6 Å². The molecule has 0 spiro atoms. The lowest BCUT2D eigenvalue weighted by Gasteiger charge is -2.35. The van der Waals surface area contributed by atoms with Crippen LogP contribution in [0.25, 0.3) is 11.1 Å². The molecule has 2 aliphatic rings. The van der Waals surface area contributed by atoms with E-state index in [0.717, 1.165) is 38.6 Å². The van der Waals surface area contributed by atoms with Crippen LogP contribution in [-0.4, -0.2) is 48.2 Å². The molecule has 0 N–H and O–H groups in total. The summed E-state index contributed by atoms with van der Waals surface area (Å²) >= 11 is 0. The SMILES string of the molecule is CCS(=O)(=O)c1ccc(Oc2c(C)cc(F)cc2C)c(-c2cn(C)c(=O)cc2O[C@H]2CC[C@H](N3CCCC3=O)CC2)c1. The van der Waals surface area contributed by atoms with Gasteiger partial charge in [0.25, 0.3) is 5.56 Å². The smallest absolute Gasteiger partial charge is 0.254 e. The van der Waals surface area contributed by atoms with Gasteiger partial charge in [-0.2, -0.15) is 0 Å². The fourth-order valence-electron chi connectivity index (χ4n) is 5.96. The standard InChI is InChI=1S/C32H37FN2O6S/c1-5-42(38,39)25-12-13-28(41-32-20(2)15-22(33)16-21(32)3)26(17-25)27-19-34(4)31(37)18-29(27)40-24-10-8-23(9-11-24)35-14-6-7-30(35)36/h12-13,15-19,23-24H,5-11,14H2,1-4H3/t23-,24-. The number of carbonyl (C=O) groups excluding carboxylic acids is 1. The number of aromatic nitrogens is 1. The minimum Gasteiger partial charge on any atom is -0.490 e. The maximum absolute atomic E-state index is 14.0. The van der Waals surface area contributed by atoms with E-state index in [1.165, 1.54) is 28.8 Å². The molecule has 3 aromatic rings. The predicted octanol–water partition coefficient (Wildman–Crippen LogP) is 5.71. The maximum atomic E-state index is 14.0. The number of hydrogen-bond acceptors (Lipinski definition) is 6. The molecule has 5 rings (SSSR count). The number of benzene rings is 2. The van der Waals surface area contributed by atoms with E-state index in [4.69, 9.17) is 9.47 Å². The molecule has 0 bridgehead atoms. The van der Waals surface area contributed by atoms with E-state index in [1.807, 2.05) is 4.90 Å². The molecule has 1 saturated carbocycles. The molecule has 8 nitrogen and oxygen atoms in total. The monoisotopic (exact) mass is 596 g/mol. The van der Waals surface area contributed by atoms with Crippen LogP contribution in [0.4, 0.5) is 4.39 Å². The summed E-state index contributed by atoms with van der Waals surface area (Å²) in [7, 11) is -1.94. The van der Waals surface area contributed by atoms with Crippen LogP contribution in [-0.2, 0) is 21.7 Å². The van der Waals surface area contributed by atoms with Gasteiger partial charge in [0.2, 0.25) is 5.91 Å². The summed E-state index contributed by atoms with van der Waals surface area (Å²) in [4.78, 5) is 27.1. The Hall–Kier alpha value is -3.66. The van der Waals surface area contributed by atoms with Gasteiger partial charge in [-0.25, -0.2) is 12.8 Å². The summed E-state index contributed by atoms with van der Waals surface area (Å²) in [5, 5.41) is 0. The molecule has 0 unspecified atom stereocenters. The Morgan fingerprint density at radius 3 is 2.26 bits per heavy atom. The average molecular weight is 597 g/mol. The number of ether oxygens (including phenoxy) is 2. The molecule has 1 aliphatic heterocycles. The molecule has 2 heterocycles. The topological polar surface area (TPSA) is 94.9 Å². The first-order chi connectivity index (χ1) is 20.0. The second-order valence-electron chi connectivity index (χ2n) is 11.3. The Morgan fingerprint density at radius 2 is 1.64 bits per heavy atom. The van der Waals surface area contributed by atoms with Gasteiger partial charge in [0, 0.05) is 49.4 Å². The molecule has 0 radical (unpaired) electrons. The van der Waals surface area contributed by atoms with Crippen molar-refractivity contribution in [1.29, 1.82) is 0 Å². The van der Waals surface area contributed by atoms with Crippen molar-refractivity contribution in [2.45, 2.75) is 76.3 Å². The van der Waals surface area contributed by atoms with Crippen LogP contribution in [0.5, 0.6) is 17.2 Å². The number of aryl methyl sites for hydroxylation is 3. The van der Waals surface area contributed by atoms with E-state index in [1.54, 1.807) is 46.1 Å². The largest absolute Gasteiger partial charge is 0.490 e. The predicted molar refractivity (Wildman–Crippen MR) is 158 cm³/mol. The van der Waals surface area contributed by atoms with Gasteiger partial charge in [-0.15, -0.1) is 0 Å². The Morgan fingerprint density at radius 1 is 0.952 bits per heavy atom. The van der Waals surface area contributed by atoms with Crippen molar-refractivity contribution >= 4 is 15.7 Å². The molecule has 10 heteroatoms. The average Bonchev–Trinajstić information content (AvgIpc) is 3.38. The van der Waals surface area contributed by atoms with Gasteiger partial charge in [0.05, 0.1) is 16.8 Å². The van der Waals surface area contributed by atoms with Gasteiger partial charge < -0.3 is 18.9 Å². The third-order valence-electron chi connectivity index (χ3n) is 8.30. The lowest BCUT2D eigenvalue weighted by Crippen LogP contribution is -2.40. The van der Waals surface area contributed by atoms with Gasteiger partial charge in [0.1, 0.15) is 23.1 Å². The van der Waals surface area contributed by atoms with Gasteiger partial charge in [-0.1, -0.05) is 6.92 Å². The Labute approximate surface area is 246 Å². The van der Waals surface area contributed by atoms with Crippen LogP contribution < -0.4 is 15.0 Å². The highest BCUT2D eigenvalue weighted by Gasteiger charge is 2.32. The Kier molecular flexibility index (Phi) is 8.46. The van der Waals surface area contributed by atoms with E-state index >= 15 is 0 Å². The molecular formula is C32H37FN2O6S. The molecule has 224 valence electrons. The number of nitrogens with zero attached hydrogens (tertiary/aromatic N) is 2. The summed E-state index contributed by atoms with van der Waals surface area (Å²) < 4.78 is 54.0. The van der Waals surface area contributed by atoms with Gasteiger partial charge in [-0.05, 0) is 87.4 Å². The zero-order valence-electron chi connectivity index (χ0n) is 24.5. The minimum absolute atomic E-state index is 0.0811. The summed E-state index contributed by atoms with van der Waals surface area (Å²) in [6.45, 7) is 5.87. The van der Waals surface area contributed by atoms with Crippen molar-refractivity contribution in [3.05, 3.63) is 69.9 Å². The first kappa shape index (κ1) is 29.8. The fourth-order valence-corrected chi connectivity index (χ4v) is 6.87. The molecular weight excluding hydrogens is 559 g/mol. The number of likely N-dealkylation sites (tertiary alicyclic amines) is 1. The number of amides is 1. The minimum atomic E-state index is -3.56. The zero-order valence-corrected chi connectivity index (χ0v) is 25.3. The van der Waals surface area contributed by atoms with Gasteiger partial charge >= 0.3 is 0 Å². The quantitative estimate of drug-likeness (QED) is 0.331. The number of halogens is 1. The number of rotatable bonds is 8. The van der Waals surface area contributed by atoms with Crippen LogP contribution in [0.2, 0.25) is 0 Å². The van der Waals surface area contributed by atoms with E-state index in [0.29, 0.717) is 45.9 Å². The summed E-state index contributed by atoms with van der Waals surface area (Å²) in [5.74, 6) is 0.909. The van der Waals surface area contributed by atoms with E-state index in [-0.39, 0.29) is 40.1 Å². The lowest BCUT2D eigenvalue weighted by molar-refractivity contribution is -0.130. The van der Waals surface area contributed by atoms with Crippen molar-refractivity contribution in [1.82, 2.24) is 9.47 Å². The third kappa shape index (κ3) is 6.09. The van der Waals surface area contributed by atoms with E-state index in [9.17, 15) is 22.4 Å². The van der Waals surface area contributed by atoms with E-state index in [2.05, 4.69) is 0 Å². The molecule has 1 saturated heterocycles. The molecule has 1 aromatic heterocycles. The fraction of sp³-hybridized carbons (Fsp3) is 0.438. The van der Waals surface area contributed by atoms with Gasteiger partial charge in [-0.3, -0.25) is 9.59 Å². The highest BCUT2D eigenvalue weighted by Crippen LogP contribution is 2.42. The Bertz CT molecular complexity index is 1650. The number of sulfone groups is 1. The zero-order chi connectivity index (χ0) is 30.2. The molecule has 2 fully saturated rings. The second kappa shape index (κ2) is 11.9. The highest BCUT2D eigenvalue weighted by atomic mass is 32.2. The first-order valence-electron chi connectivity index (χ1n) is 14.5. The van der Waals surface area contributed by atoms with Crippen molar-refractivity contribution in [2.75, 3.05) is 12.3 Å². The normalized spacial score (nSPS) is 19.3. The first-order valence-corrected chi connectivity index (χ1v) is 16.1. The van der Waals surface area contributed by atoms with Gasteiger partial charge in [0.15, 0.2) is 9.84 Å². The van der Waals surface area contributed by atoms with Crippen molar-refractivity contribution in [3.63, 3.8) is 0 Å². The van der Waals surface area contributed by atoms with Crippen LogP contribution in [0.3, 0.4) is 0 Å². The Balaban J connectivity index is 1.53. The lowest BCUT2D eigenvalue weighted by atomic mass is 9.92. The molecule has 0 atom stereocenters. The number of pyridine rings is 1. The summed E-state index contributed by atoms with van der Waals surface area (Å²) in [5.41, 5.74) is 1.86. The van der Waals surface area contributed by atoms with Crippen molar-refractivity contribution < 1.29 is 27.1 Å². The number of carbonyl (C=O) groups is 1. The van der Waals surface area contributed by atoms with Crippen LogP contribution in [0.15, 0.2) is 52.3 Å². The van der Waals surface area contributed by atoms with Crippen LogP contribution >= 0.6 is 0 Å². The third-order valence-corrected chi connectivity index (χ3v) is 10.0. The molecule has 42 heavy (non-hydrogen) atoms. The van der Waals surface area contributed by atoms with E-state index < -0.39 is 9.84 Å². The molecule has 1 amide bonds. The molecule has 2 aromatic carbocycles. The maximum Gasteiger partial charge on any atom is 0.254 e. The summed E-state index contributed by atoms with van der Waals surface area (Å²) in [6.07, 6.45) is 6.06. The summed E-state index contributed by atoms with van der Waals surface area (Å²) in [6, 6.07) is 9.02. The van der Waals surface area contributed by atoms with Crippen molar-refractivity contribution in [3.8, 4) is 28.4 Å². The highest BCUT2D eigenvalue weighted by molar-refractivity contribution is 7.91. The number of hydrogen-bond donors (Lipinski definition) is 0.